The number of hydrogen-bond donors (Lipinski definition) is 2. The van der Waals surface area contributed by atoms with Crippen LogP contribution in [0.25, 0.3) is 6.08 Å². The van der Waals surface area contributed by atoms with Gasteiger partial charge in [-0.3, -0.25) is 4.79 Å². The van der Waals surface area contributed by atoms with E-state index in [0.29, 0.717) is 13.1 Å². The number of hydrogen-bond acceptors (Lipinski definition) is 4. The van der Waals surface area contributed by atoms with Crippen LogP contribution in [0, 0.1) is 0 Å². The SMILES string of the molecule is CC(=O)NCC(=Cc1cccc(CCN)c1)B1OC(C)(C)C(C)(C)O1. The Morgan fingerprint density at radius 1 is 1.24 bits per heavy atom. The van der Waals surface area contributed by atoms with Crippen LogP contribution in [0.2, 0.25) is 0 Å². The molecule has 0 spiro atoms. The summed E-state index contributed by atoms with van der Waals surface area (Å²) in [6.45, 7) is 10.6. The fourth-order valence-corrected chi connectivity index (χ4v) is 2.64. The highest BCUT2D eigenvalue weighted by molar-refractivity contribution is 6.56. The van der Waals surface area contributed by atoms with Gasteiger partial charge in [0.25, 0.3) is 0 Å². The maximum absolute atomic E-state index is 11.4. The molecule has 0 radical (unpaired) electrons. The minimum Gasteiger partial charge on any atom is -0.400 e. The largest absolute Gasteiger partial charge is 0.492 e. The third-order valence-corrected chi connectivity index (χ3v) is 4.83. The Morgan fingerprint density at radius 2 is 1.88 bits per heavy atom. The van der Waals surface area contributed by atoms with Crippen LogP contribution in [0.15, 0.2) is 29.7 Å². The zero-order valence-electron chi connectivity index (χ0n) is 15.9. The van der Waals surface area contributed by atoms with Gasteiger partial charge in [0.15, 0.2) is 0 Å². The van der Waals surface area contributed by atoms with Crippen molar-refractivity contribution >= 4 is 19.1 Å². The second-order valence-electron chi connectivity index (χ2n) is 7.50. The molecule has 1 fully saturated rings. The molecule has 0 unspecified atom stereocenters. The van der Waals surface area contributed by atoms with Gasteiger partial charge in [0.1, 0.15) is 0 Å². The van der Waals surface area contributed by atoms with Gasteiger partial charge in [-0.15, -0.1) is 0 Å². The molecule has 2 rings (SSSR count). The molecule has 0 bridgehead atoms. The van der Waals surface area contributed by atoms with Crippen molar-refractivity contribution in [2.24, 2.45) is 5.73 Å². The van der Waals surface area contributed by atoms with E-state index in [1.165, 1.54) is 12.5 Å². The molecule has 1 saturated heterocycles. The highest BCUT2D eigenvalue weighted by Crippen LogP contribution is 2.38. The standard InChI is InChI=1S/C19H29BN2O3/c1-14(23)22-13-17(20-24-18(2,3)19(4,5)25-20)12-16-8-6-7-15(11-16)9-10-21/h6-8,11-12H,9-10,13,21H2,1-5H3,(H,22,23). The molecule has 1 aliphatic rings. The lowest BCUT2D eigenvalue weighted by molar-refractivity contribution is -0.118. The first-order valence-electron chi connectivity index (χ1n) is 8.74. The van der Waals surface area contributed by atoms with E-state index in [4.69, 9.17) is 15.0 Å². The van der Waals surface area contributed by atoms with E-state index in [1.807, 2.05) is 45.9 Å². The molecule has 136 valence electrons. The summed E-state index contributed by atoms with van der Waals surface area (Å²) in [5, 5.41) is 2.85. The summed E-state index contributed by atoms with van der Waals surface area (Å²) >= 11 is 0. The van der Waals surface area contributed by atoms with Crippen molar-refractivity contribution in [3.8, 4) is 0 Å². The molecule has 1 aromatic rings. The Morgan fingerprint density at radius 3 is 2.44 bits per heavy atom. The van der Waals surface area contributed by atoms with Gasteiger partial charge in [0, 0.05) is 13.5 Å². The van der Waals surface area contributed by atoms with Crippen LogP contribution in [0.1, 0.15) is 45.7 Å². The summed E-state index contributed by atoms with van der Waals surface area (Å²) in [6, 6.07) is 8.20. The van der Waals surface area contributed by atoms with Crippen molar-refractivity contribution in [3.63, 3.8) is 0 Å². The van der Waals surface area contributed by atoms with Crippen LogP contribution >= 0.6 is 0 Å². The number of rotatable bonds is 6. The van der Waals surface area contributed by atoms with Crippen LogP contribution in [0.4, 0.5) is 0 Å². The molecular weight excluding hydrogens is 315 g/mol. The molecular formula is C19H29BN2O3. The average molecular weight is 344 g/mol. The third kappa shape index (κ3) is 4.94. The second kappa shape index (κ2) is 7.73. The van der Waals surface area contributed by atoms with Gasteiger partial charge >= 0.3 is 7.12 Å². The Bertz CT molecular complexity index is 640. The lowest BCUT2D eigenvalue weighted by Gasteiger charge is -2.32. The quantitative estimate of drug-likeness (QED) is 0.777. The first-order valence-corrected chi connectivity index (χ1v) is 8.74. The van der Waals surface area contributed by atoms with Crippen molar-refractivity contribution in [1.29, 1.82) is 0 Å². The molecule has 1 aliphatic heterocycles. The van der Waals surface area contributed by atoms with Crippen molar-refractivity contribution < 1.29 is 14.1 Å². The molecule has 25 heavy (non-hydrogen) atoms. The summed E-state index contributed by atoms with van der Waals surface area (Å²) in [7, 11) is -0.491. The van der Waals surface area contributed by atoms with Crippen molar-refractivity contribution in [3.05, 3.63) is 40.9 Å². The Balaban J connectivity index is 2.30. The van der Waals surface area contributed by atoms with Crippen LogP contribution in [0.3, 0.4) is 0 Å². The number of amides is 1. The highest BCUT2D eigenvalue weighted by Gasteiger charge is 2.52. The molecule has 0 aromatic heterocycles. The smallest absolute Gasteiger partial charge is 0.400 e. The van der Waals surface area contributed by atoms with Gasteiger partial charge in [-0.25, -0.2) is 0 Å². The molecule has 5 nitrogen and oxygen atoms in total. The zero-order chi connectivity index (χ0) is 18.7. The van der Waals surface area contributed by atoms with Crippen molar-refractivity contribution in [2.75, 3.05) is 13.1 Å². The van der Waals surface area contributed by atoms with Gasteiger partial charge in [0.2, 0.25) is 5.91 Å². The third-order valence-electron chi connectivity index (χ3n) is 4.83. The molecule has 0 saturated carbocycles. The average Bonchev–Trinajstić information content (AvgIpc) is 2.72. The molecule has 0 aliphatic carbocycles. The molecule has 3 N–H and O–H groups in total. The summed E-state index contributed by atoms with van der Waals surface area (Å²) < 4.78 is 12.3. The number of nitrogens with one attached hydrogen (secondary N) is 1. The van der Waals surface area contributed by atoms with Gasteiger partial charge in [0.05, 0.1) is 11.2 Å². The lowest BCUT2D eigenvalue weighted by atomic mass is 9.77. The predicted octanol–water partition coefficient (Wildman–Crippen LogP) is 2.34. The topological polar surface area (TPSA) is 73.6 Å². The molecule has 1 heterocycles. The summed E-state index contributed by atoms with van der Waals surface area (Å²) in [6.07, 6.45) is 2.86. The summed E-state index contributed by atoms with van der Waals surface area (Å²) in [5.41, 5.74) is 7.92. The monoisotopic (exact) mass is 344 g/mol. The molecule has 0 atom stereocenters. The number of nitrogens with two attached hydrogens (primary N) is 1. The maximum Gasteiger partial charge on any atom is 0.492 e. The summed E-state index contributed by atoms with van der Waals surface area (Å²) in [5.74, 6) is -0.0840. The Labute approximate surface area is 151 Å². The minimum absolute atomic E-state index is 0.0840. The van der Waals surface area contributed by atoms with E-state index in [-0.39, 0.29) is 5.91 Å². The van der Waals surface area contributed by atoms with Crippen LogP contribution in [-0.4, -0.2) is 37.3 Å². The fraction of sp³-hybridized carbons (Fsp3) is 0.526. The molecule has 1 aromatic carbocycles. The Kier molecular flexibility index (Phi) is 6.09. The van der Waals surface area contributed by atoms with E-state index >= 15 is 0 Å². The maximum atomic E-state index is 11.4. The zero-order valence-corrected chi connectivity index (χ0v) is 15.9. The van der Waals surface area contributed by atoms with Crippen LogP contribution < -0.4 is 11.1 Å². The summed E-state index contributed by atoms with van der Waals surface area (Å²) in [4.78, 5) is 11.4. The van der Waals surface area contributed by atoms with E-state index in [0.717, 1.165) is 17.5 Å². The molecule has 6 heteroatoms. The Hall–Kier alpha value is -1.63. The first kappa shape index (κ1) is 19.7. The van der Waals surface area contributed by atoms with E-state index < -0.39 is 18.3 Å². The molecule has 1 amide bonds. The lowest BCUT2D eigenvalue weighted by Crippen LogP contribution is -2.41. The fourth-order valence-electron chi connectivity index (χ4n) is 2.64. The van der Waals surface area contributed by atoms with E-state index in [1.54, 1.807) is 0 Å². The highest BCUT2D eigenvalue weighted by atomic mass is 16.7. The second-order valence-corrected chi connectivity index (χ2v) is 7.50. The number of benzene rings is 1. The number of carbonyl (C=O) groups excluding carboxylic acids is 1. The van der Waals surface area contributed by atoms with Gasteiger partial charge in [-0.2, -0.15) is 0 Å². The van der Waals surface area contributed by atoms with Crippen molar-refractivity contribution in [1.82, 2.24) is 5.32 Å². The van der Waals surface area contributed by atoms with Crippen molar-refractivity contribution in [2.45, 2.75) is 52.2 Å². The van der Waals surface area contributed by atoms with Gasteiger partial charge in [-0.1, -0.05) is 30.3 Å². The predicted molar refractivity (Wildman–Crippen MR) is 102 cm³/mol. The van der Waals surface area contributed by atoms with Gasteiger partial charge in [-0.05, 0) is 57.3 Å². The van der Waals surface area contributed by atoms with E-state index in [2.05, 4.69) is 17.4 Å². The number of carbonyl (C=O) groups is 1. The van der Waals surface area contributed by atoms with Crippen LogP contribution in [-0.2, 0) is 20.5 Å². The van der Waals surface area contributed by atoms with Crippen LogP contribution in [0.5, 0.6) is 0 Å². The normalized spacial score (nSPS) is 19.1. The van der Waals surface area contributed by atoms with Gasteiger partial charge < -0.3 is 20.4 Å². The first-order chi connectivity index (χ1) is 11.6. The minimum atomic E-state index is -0.491. The van der Waals surface area contributed by atoms with E-state index in [9.17, 15) is 4.79 Å².